The average molecular weight is 994 g/mol. The van der Waals surface area contributed by atoms with Gasteiger partial charge in [-0.3, -0.25) is 14.4 Å². The van der Waals surface area contributed by atoms with Crippen LogP contribution in [0.1, 0.15) is 316 Å². The summed E-state index contributed by atoms with van der Waals surface area (Å²) in [5.74, 6) is -0.890. The quantitative estimate of drug-likeness (QED) is 0.0261. The minimum absolute atomic E-state index is 0.0811. The lowest BCUT2D eigenvalue weighted by Gasteiger charge is -2.18. The molecule has 0 aliphatic carbocycles. The van der Waals surface area contributed by atoms with Gasteiger partial charge < -0.3 is 14.2 Å². The first kappa shape index (κ1) is 68.1. The van der Waals surface area contributed by atoms with Crippen LogP contribution in [-0.2, 0) is 28.6 Å². The van der Waals surface area contributed by atoms with Crippen molar-refractivity contribution in [2.75, 3.05) is 13.2 Å². The number of carbonyl (C=O) groups excluding carboxylic acids is 3. The summed E-state index contributed by atoms with van der Waals surface area (Å²) in [7, 11) is 0. The molecule has 0 fully saturated rings. The number of carbonyl (C=O) groups is 3. The number of unbranched alkanes of at least 4 members (excludes halogenated alkanes) is 35. The van der Waals surface area contributed by atoms with Crippen molar-refractivity contribution >= 4 is 17.9 Å². The van der Waals surface area contributed by atoms with Crippen molar-refractivity contribution in [2.24, 2.45) is 0 Å². The van der Waals surface area contributed by atoms with Crippen LogP contribution in [0.2, 0.25) is 0 Å². The fraction of sp³-hybridized carbons (Fsp3) is 0.800. The third kappa shape index (κ3) is 57.9. The summed E-state index contributed by atoms with van der Waals surface area (Å²) in [6, 6.07) is 0. The van der Waals surface area contributed by atoms with Crippen molar-refractivity contribution in [3.8, 4) is 0 Å². The molecule has 0 unspecified atom stereocenters. The van der Waals surface area contributed by atoms with E-state index < -0.39 is 6.10 Å². The monoisotopic (exact) mass is 993 g/mol. The Morgan fingerprint density at radius 3 is 0.887 bits per heavy atom. The Labute approximate surface area is 440 Å². The standard InChI is InChI=1S/C65H116O6/c1-4-7-10-13-16-19-22-25-28-30-31-32-33-35-38-40-43-46-49-52-55-58-64(67)70-61-62(71-65(68)59-56-53-50-47-44-41-36-27-24-21-18-15-12-9-6-3)60-69-63(66)57-54-51-48-45-42-39-37-34-29-26-23-20-17-14-11-8-5-2/h9,12,17-18,20-21,26-27,29,36,62H,4-8,10-11,13-16,19,22-25,28,30-35,37-61H2,1-3H3/b12-9-,20-17-,21-18-,29-26-,36-27-/t62-/m1/s1. The molecule has 412 valence electrons. The van der Waals surface area contributed by atoms with Gasteiger partial charge in [-0.05, 0) is 83.5 Å². The van der Waals surface area contributed by atoms with E-state index >= 15 is 0 Å². The van der Waals surface area contributed by atoms with Crippen molar-refractivity contribution in [1.82, 2.24) is 0 Å². The van der Waals surface area contributed by atoms with Gasteiger partial charge >= 0.3 is 17.9 Å². The van der Waals surface area contributed by atoms with Crippen molar-refractivity contribution in [1.29, 1.82) is 0 Å². The molecule has 0 aromatic heterocycles. The van der Waals surface area contributed by atoms with Gasteiger partial charge in [0.25, 0.3) is 0 Å². The zero-order chi connectivity index (χ0) is 51.4. The van der Waals surface area contributed by atoms with Gasteiger partial charge in [-0.1, -0.05) is 274 Å². The molecule has 6 nitrogen and oxygen atoms in total. The third-order valence-electron chi connectivity index (χ3n) is 13.5. The molecule has 0 rings (SSSR count). The molecule has 0 radical (unpaired) electrons. The van der Waals surface area contributed by atoms with Gasteiger partial charge in [-0.25, -0.2) is 0 Å². The summed E-state index contributed by atoms with van der Waals surface area (Å²) in [5, 5.41) is 0. The first-order chi connectivity index (χ1) is 35.0. The lowest BCUT2D eigenvalue weighted by molar-refractivity contribution is -0.167. The molecule has 0 saturated carbocycles. The van der Waals surface area contributed by atoms with Crippen molar-refractivity contribution < 1.29 is 28.6 Å². The maximum Gasteiger partial charge on any atom is 0.306 e. The van der Waals surface area contributed by atoms with Crippen LogP contribution in [0.4, 0.5) is 0 Å². The van der Waals surface area contributed by atoms with Crippen molar-refractivity contribution in [3.63, 3.8) is 0 Å². The Hall–Kier alpha value is -2.89. The van der Waals surface area contributed by atoms with E-state index in [4.69, 9.17) is 14.2 Å². The summed E-state index contributed by atoms with van der Waals surface area (Å²) in [6.45, 7) is 6.53. The van der Waals surface area contributed by atoms with E-state index in [1.54, 1.807) is 0 Å². The Kier molecular flexibility index (Phi) is 57.2. The van der Waals surface area contributed by atoms with Crippen LogP contribution < -0.4 is 0 Å². The molecule has 0 spiro atoms. The number of esters is 3. The minimum Gasteiger partial charge on any atom is -0.462 e. The Morgan fingerprint density at radius 2 is 0.549 bits per heavy atom. The van der Waals surface area contributed by atoms with E-state index in [0.29, 0.717) is 19.3 Å². The summed E-state index contributed by atoms with van der Waals surface area (Å²) in [4.78, 5) is 38.2. The molecule has 0 bridgehead atoms. The number of allylic oxidation sites excluding steroid dienone is 10. The highest BCUT2D eigenvalue weighted by Gasteiger charge is 2.19. The van der Waals surface area contributed by atoms with Gasteiger partial charge in [0.1, 0.15) is 13.2 Å². The lowest BCUT2D eigenvalue weighted by atomic mass is 10.0. The highest BCUT2D eigenvalue weighted by atomic mass is 16.6. The van der Waals surface area contributed by atoms with Crippen LogP contribution in [-0.4, -0.2) is 37.2 Å². The second-order valence-corrected chi connectivity index (χ2v) is 20.6. The van der Waals surface area contributed by atoms with Crippen LogP contribution in [0, 0.1) is 0 Å². The van der Waals surface area contributed by atoms with Gasteiger partial charge in [0.2, 0.25) is 0 Å². The van der Waals surface area contributed by atoms with E-state index in [9.17, 15) is 14.4 Å². The van der Waals surface area contributed by atoms with Gasteiger partial charge in [0.05, 0.1) is 0 Å². The van der Waals surface area contributed by atoms with Gasteiger partial charge in [0.15, 0.2) is 6.10 Å². The van der Waals surface area contributed by atoms with E-state index in [1.165, 1.54) is 167 Å². The van der Waals surface area contributed by atoms with E-state index in [-0.39, 0.29) is 31.1 Å². The molecule has 0 aliphatic heterocycles. The Balaban J connectivity index is 4.34. The van der Waals surface area contributed by atoms with Crippen LogP contribution in [0.5, 0.6) is 0 Å². The van der Waals surface area contributed by atoms with Gasteiger partial charge in [-0.15, -0.1) is 0 Å². The topological polar surface area (TPSA) is 78.9 Å². The number of ether oxygens (including phenoxy) is 3. The molecule has 0 amide bonds. The summed E-state index contributed by atoms with van der Waals surface area (Å²) in [5.41, 5.74) is 0. The highest BCUT2D eigenvalue weighted by molar-refractivity contribution is 5.71. The molecular formula is C65H116O6. The predicted octanol–water partition coefficient (Wildman–Crippen LogP) is 20.8. The summed E-state index contributed by atoms with van der Waals surface area (Å²) >= 11 is 0. The highest BCUT2D eigenvalue weighted by Crippen LogP contribution is 2.17. The molecule has 0 saturated heterocycles. The second-order valence-electron chi connectivity index (χ2n) is 20.6. The zero-order valence-corrected chi connectivity index (χ0v) is 47.2. The molecule has 71 heavy (non-hydrogen) atoms. The minimum atomic E-state index is -0.786. The smallest absolute Gasteiger partial charge is 0.306 e. The van der Waals surface area contributed by atoms with Crippen molar-refractivity contribution in [2.45, 2.75) is 322 Å². The van der Waals surface area contributed by atoms with E-state index in [1.807, 2.05) is 0 Å². The third-order valence-corrected chi connectivity index (χ3v) is 13.5. The van der Waals surface area contributed by atoms with Crippen LogP contribution in [0.25, 0.3) is 0 Å². The zero-order valence-electron chi connectivity index (χ0n) is 47.2. The number of hydrogen-bond acceptors (Lipinski definition) is 6. The van der Waals surface area contributed by atoms with E-state index in [2.05, 4.69) is 81.5 Å². The summed E-state index contributed by atoms with van der Waals surface area (Å²) in [6.07, 6.45) is 75.0. The molecule has 6 heteroatoms. The fourth-order valence-corrected chi connectivity index (χ4v) is 8.90. The van der Waals surface area contributed by atoms with Crippen LogP contribution in [0.15, 0.2) is 60.8 Å². The lowest BCUT2D eigenvalue weighted by Crippen LogP contribution is -2.30. The van der Waals surface area contributed by atoms with Crippen LogP contribution >= 0.6 is 0 Å². The molecule has 0 aliphatic rings. The number of hydrogen-bond donors (Lipinski definition) is 0. The summed E-state index contributed by atoms with van der Waals surface area (Å²) < 4.78 is 16.9. The molecular weight excluding hydrogens is 877 g/mol. The first-order valence-corrected chi connectivity index (χ1v) is 30.8. The molecule has 1 atom stereocenters. The average Bonchev–Trinajstić information content (AvgIpc) is 3.37. The second kappa shape index (κ2) is 59.7. The largest absolute Gasteiger partial charge is 0.462 e. The first-order valence-electron chi connectivity index (χ1n) is 30.8. The maximum atomic E-state index is 12.9. The fourth-order valence-electron chi connectivity index (χ4n) is 8.90. The molecule has 0 aromatic rings. The van der Waals surface area contributed by atoms with E-state index in [0.717, 1.165) is 109 Å². The molecule has 0 N–H and O–H groups in total. The molecule has 0 heterocycles. The molecule has 0 aromatic carbocycles. The van der Waals surface area contributed by atoms with Gasteiger partial charge in [0, 0.05) is 19.3 Å². The Morgan fingerprint density at radius 1 is 0.296 bits per heavy atom. The SMILES string of the molecule is CC/C=C\C/C=C\C/C=C\CCCCCCCC(=O)O[C@H](COC(=O)CCCCCCCCC/C=C\C/C=C\CCCCC)COC(=O)CCCCCCCCCCCCCCCCCCCCCCC. The van der Waals surface area contributed by atoms with Gasteiger partial charge in [-0.2, -0.15) is 0 Å². The predicted molar refractivity (Wildman–Crippen MR) is 307 cm³/mol. The number of rotatable bonds is 56. The normalized spacial score (nSPS) is 12.4. The maximum absolute atomic E-state index is 12.9. The van der Waals surface area contributed by atoms with Crippen molar-refractivity contribution in [3.05, 3.63) is 60.8 Å². The Bertz CT molecular complexity index is 1280. The van der Waals surface area contributed by atoms with Crippen LogP contribution in [0.3, 0.4) is 0 Å².